The molecule has 3 rings (SSSR count). The molecule has 380 valence electrons. The average molecular weight is 966 g/mol. The first kappa shape index (κ1) is 56.6. The third kappa shape index (κ3) is 13.1. The molecule has 3 amide bonds. The lowest BCUT2D eigenvalue weighted by Gasteiger charge is -2.50. The van der Waals surface area contributed by atoms with Gasteiger partial charge in [-0.05, 0) is 0 Å². The summed E-state index contributed by atoms with van der Waals surface area (Å²) in [5, 5.41) is 165. The average Bonchev–Trinajstić information content (AvgIpc) is 3.25. The van der Waals surface area contributed by atoms with Gasteiger partial charge in [-0.3, -0.25) is 14.4 Å². The maximum atomic E-state index is 12.9. The summed E-state index contributed by atoms with van der Waals surface area (Å²) in [5.41, 5.74) is 0. The number of carboxylic acid groups (broad SMARTS) is 2. The molecule has 0 saturated carbocycles. The van der Waals surface area contributed by atoms with Gasteiger partial charge in [0, 0.05) is 33.6 Å². The van der Waals surface area contributed by atoms with Crippen molar-refractivity contribution < 1.29 is 134 Å². The van der Waals surface area contributed by atoms with Crippen LogP contribution in [0.3, 0.4) is 0 Å². The zero-order chi connectivity index (χ0) is 50.2. The summed E-state index contributed by atoms with van der Waals surface area (Å²) in [6, 6.07) is -5.35. The molecule has 30 heteroatoms. The van der Waals surface area contributed by atoms with E-state index in [4.69, 9.17) is 28.4 Å². The third-order valence-electron chi connectivity index (χ3n) is 10.9. The van der Waals surface area contributed by atoms with E-state index in [9.17, 15) is 105 Å². The Kier molecular flexibility index (Phi) is 20.6. The van der Waals surface area contributed by atoms with E-state index in [2.05, 4.69) is 16.0 Å². The van der Waals surface area contributed by atoms with Crippen molar-refractivity contribution in [2.24, 2.45) is 0 Å². The van der Waals surface area contributed by atoms with Crippen LogP contribution in [-0.2, 0) is 57.2 Å². The van der Waals surface area contributed by atoms with Gasteiger partial charge in [-0.2, -0.15) is 0 Å². The molecule has 3 aliphatic heterocycles. The Bertz CT molecular complexity index is 1670. The molecule has 3 fully saturated rings. The van der Waals surface area contributed by atoms with Crippen molar-refractivity contribution in [2.75, 3.05) is 26.4 Å². The van der Waals surface area contributed by atoms with E-state index in [-0.39, 0.29) is 6.29 Å². The number of aliphatic hydroxyl groups excluding tert-OH is 13. The first-order chi connectivity index (χ1) is 30.7. The van der Waals surface area contributed by atoms with Gasteiger partial charge in [-0.15, -0.1) is 0 Å². The van der Waals surface area contributed by atoms with Crippen molar-refractivity contribution in [3.63, 3.8) is 0 Å². The van der Waals surface area contributed by atoms with E-state index >= 15 is 0 Å². The summed E-state index contributed by atoms with van der Waals surface area (Å²) >= 11 is 0. The number of carboxylic acids is 2. The SMILES string of the molecule is CC(=O)NC(C=O)C(OC1OC(CO)C(O)C(OC2(C(=O)O)CC(O)C(NC(C)=O)C(C(O)C(O)CO)O2)C1O)C(O)C(O)COC1(C(=O)O)CC(O)C(NC(C)=O)C(C(O)C(O)CO)O1. The van der Waals surface area contributed by atoms with E-state index in [1.165, 1.54) is 0 Å². The van der Waals surface area contributed by atoms with Gasteiger partial charge in [0.15, 0.2) is 6.29 Å². The normalized spacial score (nSPS) is 36.3. The second-order valence-electron chi connectivity index (χ2n) is 15.9. The maximum absolute atomic E-state index is 12.9. The Hall–Kier alpha value is -3.74. The van der Waals surface area contributed by atoms with Gasteiger partial charge in [0.25, 0.3) is 11.6 Å². The second-order valence-corrected chi connectivity index (χ2v) is 15.9. The van der Waals surface area contributed by atoms with Gasteiger partial charge in [0.1, 0.15) is 91.7 Å². The zero-order valence-electron chi connectivity index (χ0n) is 35.4. The Morgan fingerprint density at radius 3 is 1.59 bits per heavy atom. The van der Waals surface area contributed by atoms with Crippen LogP contribution < -0.4 is 16.0 Å². The smallest absolute Gasteiger partial charge is 0.364 e. The van der Waals surface area contributed by atoms with Crippen molar-refractivity contribution in [1.82, 2.24) is 16.0 Å². The van der Waals surface area contributed by atoms with Crippen molar-refractivity contribution in [3.05, 3.63) is 0 Å². The molecule has 66 heavy (non-hydrogen) atoms. The summed E-state index contributed by atoms with van der Waals surface area (Å²) in [5.74, 6) is -13.1. The molecule has 0 aromatic rings. The molecule has 0 spiro atoms. The minimum Gasteiger partial charge on any atom is -0.477 e. The van der Waals surface area contributed by atoms with Crippen LogP contribution >= 0.6 is 0 Å². The number of carbonyl (C=O) groups excluding carboxylic acids is 4. The second kappa shape index (κ2) is 24.0. The van der Waals surface area contributed by atoms with Crippen molar-refractivity contribution >= 4 is 35.9 Å². The number of aliphatic carboxylic acids is 2. The van der Waals surface area contributed by atoms with E-state index < -0.39 is 196 Å². The molecule has 0 aliphatic carbocycles. The minimum atomic E-state index is -3.24. The standard InChI is InChI=1S/C36H59N3O27/c1-11(44)37-14(6-40)28(25(54)19(51)10-61-35(33(57)58)4-15(47)21(38-12(2)45)29(64-35)23(52)17(49)7-41)63-32-27(56)31(26(55)20(9-43)62-32)66-36(34(59)60)5-16(48)22(39-13(3)46)30(65-36)24(53)18(50)8-42/h6,14-32,41-43,47-56H,4-5,7-10H2,1-3H3,(H,37,44)(H,38,45)(H,39,46)(H,57,58)(H,59,60). The Balaban J connectivity index is 2.01. The monoisotopic (exact) mass is 965 g/mol. The molecule has 0 aromatic carbocycles. The van der Waals surface area contributed by atoms with Crippen molar-refractivity contribution in [3.8, 4) is 0 Å². The first-order valence-corrected chi connectivity index (χ1v) is 20.1. The molecule has 3 aliphatic rings. The van der Waals surface area contributed by atoms with E-state index in [0.29, 0.717) is 0 Å². The topological polar surface area (TPSA) is 497 Å². The zero-order valence-corrected chi connectivity index (χ0v) is 35.4. The Morgan fingerprint density at radius 2 is 1.18 bits per heavy atom. The van der Waals surface area contributed by atoms with Crippen LogP contribution in [0.2, 0.25) is 0 Å². The summed E-state index contributed by atoms with van der Waals surface area (Å²) in [6.45, 7) is -1.98. The predicted molar refractivity (Wildman–Crippen MR) is 204 cm³/mol. The number of nitrogens with one attached hydrogen (secondary N) is 3. The summed E-state index contributed by atoms with van der Waals surface area (Å²) < 4.78 is 33.0. The molecule has 21 unspecified atom stereocenters. The number of aliphatic hydroxyl groups is 13. The highest BCUT2D eigenvalue weighted by molar-refractivity contribution is 5.78. The quantitative estimate of drug-likeness (QED) is 0.0423. The molecule has 0 aromatic heterocycles. The van der Waals surface area contributed by atoms with E-state index in [1.807, 2.05) is 0 Å². The molecule has 3 saturated heterocycles. The van der Waals surface area contributed by atoms with Crippen LogP contribution in [0.25, 0.3) is 0 Å². The molecule has 0 radical (unpaired) electrons. The van der Waals surface area contributed by atoms with E-state index in [1.54, 1.807) is 0 Å². The number of carbonyl (C=O) groups is 6. The summed E-state index contributed by atoms with van der Waals surface area (Å²) in [4.78, 5) is 73.8. The molecular weight excluding hydrogens is 906 g/mol. The third-order valence-corrected chi connectivity index (χ3v) is 10.9. The van der Waals surface area contributed by atoms with Gasteiger partial charge >= 0.3 is 11.9 Å². The number of aldehydes is 1. The highest BCUT2D eigenvalue weighted by Crippen LogP contribution is 2.38. The largest absolute Gasteiger partial charge is 0.477 e. The number of rotatable bonds is 23. The number of hydrogen-bond donors (Lipinski definition) is 18. The lowest BCUT2D eigenvalue weighted by molar-refractivity contribution is -0.375. The summed E-state index contributed by atoms with van der Waals surface area (Å²) in [6.07, 6.45) is -37.8. The molecule has 18 N–H and O–H groups in total. The highest BCUT2D eigenvalue weighted by atomic mass is 16.8. The molecule has 0 bridgehead atoms. The fraction of sp³-hybridized carbons (Fsp3) is 0.833. The van der Waals surface area contributed by atoms with Crippen LogP contribution in [0.15, 0.2) is 0 Å². The summed E-state index contributed by atoms with van der Waals surface area (Å²) in [7, 11) is 0. The van der Waals surface area contributed by atoms with Crippen LogP contribution in [0.5, 0.6) is 0 Å². The van der Waals surface area contributed by atoms with Crippen molar-refractivity contribution in [2.45, 2.75) is 161 Å². The fourth-order valence-electron chi connectivity index (χ4n) is 7.55. The van der Waals surface area contributed by atoms with Crippen LogP contribution in [0.1, 0.15) is 33.6 Å². The Labute approximate surface area is 373 Å². The highest BCUT2D eigenvalue weighted by Gasteiger charge is 2.60. The number of ether oxygens (including phenoxy) is 6. The van der Waals surface area contributed by atoms with Gasteiger partial charge in [-0.1, -0.05) is 0 Å². The Morgan fingerprint density at radius 1 is 0.712 bits per heavy atom. The van der Waals surface area contributed by atoms with Gasteiger partial charge in [0.2, 0.25) is 17.7 Å². The minimum absolute atomic E-state index is 0.0567. The predicted octanol–water partition coefficient (Wildman–Crippen LogP) is -11.1. The molecular formula is C36H59N3O27. The lowest BCUT2D eigenvalue weighted by Crippen LogP contribution is -2.70. The molecule has 3 heterocycles. The van der Waals surface area contributed by atoms with Gasteiger partial charge in [0.05, 0.1) is 50.7 Å². The maximum Gasteiger partial charge on any atom is 0.364 e. The molecule has 30 nitrogen and oxygen atoms in total. The van der Waals surface area contributed by atoms with Crippen LogP contribution in [-0.4, -0.2) is 267 Å². The van der Waals surface area contributed by atoms with Gasteiger partial charge < -0.3 is 126 Å². The molecule has 21 atom stereocenters. The van der Waals surface area contributed by atoms with E-state index in [0.717, 1.165) is 20.8 Å². The fourth-order valence-corrected chi connectivity index (χ4v) is 7.55. The van der Waals surface area contributed by atoms with Crippen LogP contribution in [0.4, 0.5) is 0 Å². The van der Waals surface area contributed by atoms with Crippen LogP contribution in [0, 0.1) is 0 Å². The lowest BCUT2D eigenvalue weighted by atomic mass is 9.88. The number of amides is 3. The van der Waals surface area contributed by atoms with Crippen molar-refractivity contribution in [1.29, 1.82) is 0 Å². The van der Waals surface area contributed by atoms with Gasteiger partial charge in [-0.25, -0.2) is 9.59 Å². The first-order valence-electron chi connectivity index (χ1n) is 20.1. The number of hydrogen-bond acceptors (Lipinski definition) is 25.